The Balaban J connectivity index is 3.04. The highest BCUT2D eigenvalue weighted by atomic mass is 32.2. The first-order chi connectivity index (χ1) is 7.95. The van der Waals surface area contributed by atoms with Gasteiger partial charge in [-0.15, -0.1) is 11.8 Å². The zero-order valence-corrected chi connectivity index (χ0v) is 11.2. The molecule has 0 aromatic carbocycles. The molecule has 0 saturated heterocycles. The van der Waals surface area contributed by atoms with Crippen LogP contribution in [0.2, 0.25) is 0 Å². The molecule has 1 aromatic heterocycles. The van der Waals surface area contributed by atoms with Gasteiger partial charge in [0.15, 0.2) is 0 Å². The lowest BCUT2D eigenvalue weighted by atomic mass is 10.1. The van der Waals surface area contributed by atoms with Crippen LogP contribution in [0.4, 0.5) is 0 Å². The van der Waals surface area contributed by atoms with Crippen molar-refractivity contribution in [1.82, 2.24) is 4.98 Å². The molecule has 0 fully saturated rings. The van der Waals surface area contributed by atoms with E-state index in [9.17, 15) is 9.90 Å². The van der Waals surface area contributed by atoms with Crippen LogP contribution in [-0.4, -0.2) is 21.8 Å². The highest BCUT2D eigenvalue weighted by Crippen LogP contribution is 2.26. The van der Waals surface area contributed by atoms with Crippen molar-refractivity contribution in [3.63, 3.8) is 0 Å². The number of rotatable bonds is 5. The van der Waals surface area contributed by atoms with Gasteiger partial charge in [-0.1, -0.05) is 19.1 Å². The number of nitrogens with zero attached hydrogens (tertiary/aromatic N) is 1. The highest BCUT2D eigenvalue weighted by Gasteiger charge is 2.16. The van der Waals surface area contributed by atoms with Crippen LogP contribution in [0.25, 0.3) is 0 Å². The molecule has 0 unspecified atom stereocenters. The van der Waals surface area contributed by atoms with E-state index in [1.807, 2.05) is 13.8 Å². The molecule has 0 aliphatic carbocycles. The van der Waals surface area contributed by atoms with Crippen molar-refractivity contribution in [2.45, 2.75) is 32.2 Å². The number of pyridine rings is 1. The van der Waals surface area contributed by atoms with Gasteiger partial charge in [-0.2, -0.15) is 0 Å². The Morgan fingerprint density at radius 2 is 2.18 bits per heavy atom. The third-order valence-electron chi connectivity index (χ3n) is 2.44. The van der Waals surface area contributed by atoms with Gasteiger partial charge in [-0.05, 0) is 31.9 Å². The maximum absolute atomic E-state index is 11.2. The van der Waals surface area contributed by atoms with Gasteiger partial charge in [-0.3, -0.25) is 0 Å². The summed E-state index contributed by atoms with van der Waals surface area (Å²) in [6, 6.07) is 1.79. The minimum atomic E-state index is -0.917. The minimum absolute atomic E-state index is 0.310. The number of carbonyl (C=O) groups is 1. The molecule has 0 spiro atoms. The smallest absolute Gasteiger partial charge is 0.338 e. The van der Waals surface area contributed by atoms with Crippen LogP contribution in [-0.2, 0) is 0 Å². The number of carboxylic acids is 1. The van der Waals surface area contributed by atoms with E-state index in [4.69, 9.17) is 0 Å². The number of carboxylic acid groups (broad SMARTS) is 1. The zero-order chi connectivity index (χ0) is 13.0. The normalized spacial score (nSPS) is 10.3. The molecule has 0 bridgehead atoms. The van der Waals surface area contributed by atoms with Gasteiger partial charge in [0.05, 0.1) is 5.56 Å². The molecule has 0 saturated carbocycles. The fourth-order valence-electron chi connectivity index (χ4n) is 1.44. The molecular formula is C13H17NO2S. The highest BCUT2D eigenvalue weighted by molar-refractivity contribution is 7.99. The van der Waals surface area contributed by atoms with Gasteiger partial charge >= 0.3 is 5.97 Å². The predicted octanol–water partition coefficient (Wildman–Crippen LogP) is 3.45. The van der Waals surface area contributed by atoms with Crippen LogP contribution in [0.5, 0.6) is 0 Å². The average Bonchev–Trinajstić information content (AvgIpc) is 2.24. The fourth-order valence-corrected chi connectivity index (χ4v) is 2.59. The summed E-state index contributed by atoms with van der Waals surface area (Å²) in [4.78, 5) is 15.5. The van der Waals surface area contributed by atoms with Gasteiger partial charge in [0, 0.05) is 11.4 Å². The van der Waals surface area contributed by atoms with Gasteiger partial charge < -0.3 is 5.11 Å². The number of aromatic carboxylic acids is 1. The summed E-state index contributed by atoms with van der Waals surface area (Å²) in [5, 5.41) is 9.77. The SMILES string of the molecule is C=C(CC)CSc1nc(C)cc(C)c1C(=O)O. The maximum atomic E-state index is 11.2. The molecule has 1 rings (SSSR count). The van der Waals surface area contributed by atoms with Gasteiger partial charge in [0.25, 0.3) is 0 Å². The first-order valence-corrected chi connectivity index (χ1v) is 6.45. The number of aryl methyl sites for hydroxylation is 2. The van der Waals surface area contributed by atoms with E-state index in [0.29, 0.717) is 16.3 Å². The summed E-state index contributed by atoms with van der Waals surface area (Å²) >= 11 is 1.44. The minimum Gasteiger partial charge on any atom is -0.478 e. The van der Waals surface area contributed by atoms with Gasteiger partial charge in [0.2, 0.25) is 0 Å². The molecule has 1 N–H and O–H groups in total. The first-order valence-electron chi connectivity index (χ1n) is 5.46. The van der Waals surface area contributed by atoms with Crippen molar-refractivity contribution >= 4 is 17.7 Å². The molecule has 1 heterocycles. The number of hydrogen-bond donors (Lipinski definition) is 1. The van der Waals surface area contributed by atoms with Crippen LogP contribution in [0.3, 0.4) is 0 Å². The molecule has 0 amide bonds. The van der Waals surface area contributed by atoms with Crippen molar-refractivity contribution in [3.8, 4) is 0 Å². The molecule has 0 radical (unpaired) electrons. The first kappa shape index (κ1) is 13.8. The van der Waals surface area contributed by atoms with Crippen molar-refractivity contribution in [1.29, 1.82) is 0 Å². The molecule has 0 aliphatic heterocycles. The van der Waals surface area contributed by atoms with E-state index >= 15 is 0 Å². The van der Waals surface area contributed by atoms with Crippen LogP contribution in [0, 0.1) is 13.8 Å². The van der Waals surface area contributed by atoms with Gasteiger partial charge in [-0.25, -0.2) is 9.78 Å². The Hall–Kier alpha value is -1.29. The molecule has 3 nitrogen and oxygen atoms in total. The van der Waals surface area contributed by atoms with Crippen molar-refractivity contribution < 1.29 is 9.90 Å². The van der Waals surface area contributed by atoms with Crippen LogP contribution >= 0.6 is 11.8 Å². The Labute approximate surface area is 106 Å². The van der Waals surface area contributed by atoms with E-state index in [1.165, 1.54) is 11.8 Å². The second kappa shape index (κ2) is 5.87. The van der Waals surface area contributed by atoms with E-state index in [2.05, 4.69) is 11.6 Å². The topological polar surface area (TPSA) is 50.2 Å². The summed E-state index contributed by atoms with van der Waals surface area (Å²) in [5.74, 6) is -0.202. The largest absolute Gasteiger partial charge is 0.478 e. The zero-order valence-electron chi connectivity index (χ0n) is 10.4. The molecule has 0 atom stereocenters. The Morgan fingerprint density at radius 3 is 2.71 bits per heavy atom. The second-order valence-electron chi connectivity index (χ2n) is 3.96. The molecule has 1 aromatic rings. The fraction of sp³-hybridized carbons (Fsp3) is 0.385. The average molecular weight is 251 g/mol. The van der Waals surface area contributed by atoms with Crippen LogP contribution < -0.4 is 0 Å². The Morgan fingerprint density at radius 1 is 1.53 bits per heavy atom. The molecular weight excluding hydrogens is 234 g/mol. The lowest BCUT2D eigenvalue weighted by molar-refractivity contribution is 0.0691. The summed E-state index contributed by atoms with van der Waals surface area (Å²) in [6.07, 6.45) is 0.903. The number of thioether (sulfide) groups is 1. The van der Waals surface area contributed by atoms with Gasteiger partial charge in [0.1, 0.15) is 5.03 Å². The van der Waals surface area contributed by atoms with Crippen LogP contribution in [0.1, 0.15) is 35.0 Å². The predicted molar refractivity (Wildman–Crippen MR) is 70.8 cm³/mol. The molecule has 17 heavy (non-hydrogen) atoms. The number of aromatic nitrogens is 1. The molecule has 0 aliphatic rings. The molecule has 4 heteroatoms. The Bertz CT molecular complexity index is 455. The summed E-state index contributed by atoms with van der Waals surface area (Å²) in [7, 11) is 0. The lowest BCUT2D eigenvalue weighted by Crippen LogP contribution is -2.05. The van der Waals surface area contributed by atoms with E-state index in [0.717, 1.165) is 23.3 Å². The molecule has 92 valence electrons. The Kier molecular flexibility index (Phi) is 4.75. The summed E-state index contributed by atoms with van der Waals surface area (Å²) < 4.78 is 0. The maximum Gasteiger partial charge on any atom is 0.338 e. The number of hydrogen-bond acceptors (Lipinski definition) is 3. The van der Waals surface area contributed by atoms with Crippen molar-refractivity contribution in [3.05, 3.63) is 35.0 Å². The summed E-state index contributed by atoms with van der Waals surface area (Å²) in [5.41, 5.74) is 3.00. The third-order valence-corrected chi connectivity index (χ3v) is 3.56. The van der Waals surface area contributed by atoms with E-state index < -0.39 is 5.97 Å². The monoisotopic (exact) mass is 251 g/mol. The summed E-state index contributed by atoms with van der Waals surface area (Å²) in [6.45, 7) is 9.62. The van der Waals surface area contributed by atoms with Crippen molar-refractivity contribution in [2.75, 3.05) is 5.75 Å². The van der Waals surface area contributed by atoms with Crippen LogP contribution in [0.15, 0.2) is 23.2 Å². The van der Waals surface area contributed by atoms with Crippen molar-refractivity contribution in [2.24, 2.45) is 0 Å². The lowest BCUT2D eigenvalue weighted by Gasteiger charge is -2.09. The third kappa shape index (κ3) is 3.60. The van der Waals surface area contributed by atoms with E-state index in [-0.39, 0.29) is 0 Å². The quantitative estimate of drug-likeness (QED) is 0.643. The van der Waals surface area contributed by atoms with E-state index in [1.54, 1.807) is 13.0 Å². The standard InChI is InChI=1S/C13H17NO2S/c1-5-8(2)7-17-12-11(13(15)16)9(3)6-10(4)14-12/h6H,2,5,7H2,1,3-4H3,(H,15,16). The second-order valence-corrected chi connectivity index (χ2v) is 4.92.